The molecule has 0 radical (unpaired) electrons. The number of aliphatic imine (C=N–C) groups is 1. The number of likely N-dealkylation sites (tertiary alicyclic amines) is 1. The molecule has 0 aromatic heterocycles. The average molecular weight is 410 g/mol. The van der Waals surface area contributed by atoms with E-state index in [4.69, 9.17) is 0 Å². The number of hydrogen-bond acceptors (Lipinski definition) is 4. The van der Waals surface area contributed by atoms with Gasteiger partial charge in [0.05, 0.1) is 5.75 Å². The summed E-state index contributed by atoms with van der Waals surface area (Å²) in [6.45, 7) is 7.09. The van der Waals surface area contributed by atoms with E-state index in [1.807, 2.05) is 0 Å². The summed E-state index contributed by atoms with van der Waals surface area (Å²) in [5.74, 6) is 0.900. The molecule has 0 amide bonds. The second kappa shape index (κ2) is 11.4. The standard InChI is InChI=1S/C20H35N5O2S/c1-4-28(26,27)23-13-8-12-22-20(21-3)24-19-11-14-25(17(2)15-19)16-18-9-6-5-7-10-18/h5-7,9-10,17,19,23H,4,8,11-16H2,1-3H3,(H2,21,22,24). The van der Waals surface area contributed by atoms with Gasteiger partial charge in [-0.1, -0.05) is 30.3 Å². The Bertz CT molecular complexity index is 709. The van der Waals surface area contributed by atoms with Gasteiger partial charge in [0.25, 0.3) is 0 Å². The van der Waals surface area contributed by atoms with E-state index in [1.165, 1.54) is 5.56 Å². The molecule has 0 bridgehead atoms. The fourth-order valence-electron chi connectivity index (χ4n) is 3.42. The molecule has 7 nitrogen and oxygen atoms in total. The van der Waals surface area contributed by atoms with Gasteiger partial charge in [-0.2, -0.15) is 0 Å². The molecule has 2 unspecified atom stereocenters. The fourth-order valence-corrected chi connectivity index (χ4v) is 4.08. The lowest BCUT2D eigenvalue weighted by atomic mass is 9.97. The zero-order chi connectivity index (χ0) is 20.4. The monoisotopic (exact) mass is 409 g/mol. The second-order valence-electron chi connectivity index (χ2n) is 7.32. The maximum absolute atomic E-state index is 11.4. The van der Waals surface area contributed by atoms with Gasteiger partial charge in [0.2, 0.25) is 10.0 Å². The summed E-state index contributed by atoms with van der Waals surface area (Å²) in [7, 11) is -1.34. The van der Waals surface area contributed by atoms with E-state index < -0.39 is 10.0 Å². The summed E-state index contributed by atoms with van der Waals surface area (Å²) in [4.78, 5) is 6.83. The molecular formula is C20H35N5O2S. The van der Waals surface area contributed by atoms with Crippen molar-refractivity contribution in [2.75, 3.05) is 32.4 Å². The van der Waals surface area contributed by atoms with Gasteiger partial charge in [0.1, 0.15) is 0 Å². The van der Waals surface area contributed by atoms with Gasteiger partial charge in [-0.05, 0) is 38.7 Å². The van der Waals surface area contributed by atoms with Crippen molar-refractivity contribution in [2.24, 2.45) is 4.99 Å². The van der Waals surface area contributed by atoms with Crippen molar-refractivity contribution in [1.82, 2.24) is 20.3 Å². The molecule has 1 fully saturated rings. The Balaban J connectivity index is 1.69. The minimum absolute atomic E-state index is 0.116. The zero-order valence-electron chi connectivity index (χ0n) is 17.3. The Morgan fingerprint density at radius 3 is 2.64 bits per heavy atom. The second-order valence-corrected chi connectivity index (χ2v) is 9.42. The van der Waals surface area contributed by atoms with E-state index in [9.17, 15) is 8.42 Å². The molecule has 1 aliphatic rings. The number of hydrogen-bond donors (Lipinski definition) is 3. The van der Waals surface area contributed by atoms with Crippen molar-refractivity contribution in [3.05, 3.63) is 35.9 Å². The Labute approximate surface area is 170 Å². The van der Waals surface area contributed by atoms with E-state index in [-0.39, 0.29) is 5.75 Å². The number of guanidine groups is 1. The third kappa shape index (κ3) is 7.77. The summed E-state index contributed by atoms with van der Waals surface area (Å²) in [5.41, 5.74) is 1.36. The van der Waals surface area contributed by atoms with Crippen LogP contribution in [0.5, 0.6) is 0 Å². The van der Waals surface area contributed by atoms with E-state index in [1.54, 1.807) is 14.0 Å². The van der Waals surface area contributed by atoms with Gasteiger partial charge in [0.15, 0.2) is 5.96 Å². The molecule has 158 valence electrons. The first-order chi connectivity index (χ1) is 13.4. The Morgan fingerprint density at radius 2 is 2.00 bits per heavy atom. The van der Waals surface area contributed by atoms with Crippen molar-refractivity contribution in [3.63, 3.8) is 0 Å². The van der Waals surface area contributed by atoms with Crippen molar-refractivity contribution < 1.29 is 8.42 Å². The lowest BCUT2D eigenvalue weighted by molar-refractivity contribution is 0.134. The largest absolute Gasteiger partial charge is 0.356 e. The smallest absolute Gasteiger partial charge is 0.211 e. The number of nitrogens with zero attached hydrogens (tertiary/aromatic N) is 2. The van der Waals surface area contributed by atoms with Gasteiger partial charge in [0, 0.05) is 45.3 Å². The lowest BCUT2D eigenvalue weighted by Gasteiger charge is -2.38. The van der Waals surface area contributed by atoms with E-state index in [0.717, 1.165) is 31.9 Å². The SMILES string of the molecule is CCS(=O)(=O)NCCCNC(=NC)NC1CCN(Cc2ccccc2)C(C)C1. The summed E-state index contributed by atoms with van der Waals surface area (Å²) in [5, 5.41) is 6.79. The maximum atomic E-state index is 11.4. The molecule has 2 rings (SSSR count). The molecule has 0 spiro atoms. The summed E-state index contributed by atoms with van der Waals surface area (Å²) in [6, 6.07) is 11.5. The average Bonchev–Trinajstić information content (AvgIpc) is 2.69. The van der Waals surface area contributed by atoms with E-state index in [2.05, 4.69) is 62.5 Å². The first-order valence-corrected chi connectivity index (χ1v) is 11.8. The Morgan fingerprint density at radius 1 is 1.25 bits per heavy atom. The molecule has 0 saturated carbocycles. The molecule has 1 aliphatic heterocycles. The van der Waals surface area contributed by atoms with Crippen LogP contribution in [0, 0.1) is 0 Å². The van der Waals surface area contributed by atoms with Crippen LogP contribution in [-0.2, 0) is 16.6 Å². The highest BCUT2D eigenvalue weighted by Crippen LogP contribution is 2.19. The summed E-state index contributed by atoms with van der Waals surface area (Å²) >= 11 is 0. The zero-order valence-corrected chi connectivity index (χ0v) is 18.1. The van der Waals surface area contributed by atoms with Crippen molar-refractivity contribution in [3.8, 4) is 0 Å². The number of rotatable bonds is 9. The van der Waals surface area contributed by atoms with E-state index >= 15 is 0 Å². The highest BCUT2D eigenvalue weighted by molar-refractivity contribution is 7.89. The van der Waals surface area contributed by atoms with Crippen LogP contribution in [0.25, 0.3) is 0 Å². The molecule has 2 atom stereocenters. The predicted octanol–water partition coefficient (Wildman–Crippen LogP) is 1.53. The van der Waals surface area contributed by atoms with Crippen LogP contribution in [0.1, 0.15) is 38.7 Å². The van der Waals surface area contributed by atoms with Crippen LogP contribution in [0.4, 0.5) is 0 Å². The fraction of sp³-hybridized carbons (Fsp3) is 0.650. The van der Waals surface area contributed by atoms with Crippen molar-refractivity contribution in [1.29, 1.82) is 0 Å². The molecule has 28 heavy (non-hydrogen) atoms. The van der Waals surface area contributed by atoms with Crippen LogP contribution < -0.4 is 15.4 Å². The van der Waals surface area contributed by atoms with Crippen LogP contribution in [0.2, 0.25) is 0 Å². The number of nitrogens with one attached hydrogen (secondary N) is 3. The first-order valence-electron chi connectivity index (χ1n) is 10.2. The van der Waals surface area contributed by atoms with Gasteiger partial charge >= 0.3 is 0 Å². The molecule has 3 N–H and O–H groups in total. The topological polar surface area (TPSA) is 85.8 Å². The maximum Gasteiger partial charge on any atom is 0.211 e. The quantitative estimate of drug-likeness (QED) is 0.327. The molecule has 0 aliphatic carbocycles. The third-order valence-corrected chi connectivity index (χ3v) is 6.56. The van der Waals surface area contributed by atoms with Crippen LogP contribution in [0.3, 0.4) is 0 Å². The molecule has 1 saturated heterocycles. The first kappa shape index (κ1) is 22.6. The van der Waals surface area contributed by atoms with E-state index in [0.29, 0.717) is 31.6 Å². The van der Waals surface area contributed by atoms with Crippen molar-refractivity contribution in [2.45, 2.75) is 51.7 Å². The molecule has 1 heterocycles. The summed E-state index contributed by atoms with van der Waals surface area (Å²) in [6.07, 6.45) is 2.86. The molecule has 1 aromatic carbocycles. The Hall–Kier alpha value is -1.64. The van der Waals surface area contributed by atoms with Gasteiger partial charge in [-0.25, -0.2) is 13.1 Å². The normalized spacial score (nSPS) is 21.5. The van der Waals surface area contributed by atoms with Crippen LogP contribution in [0.15, 0.2) is 35.3 Å². The number of sulfonamides is 1. The van der Waals surface area contributed by atoms with Gasteiger partial charge < -0.3 is 10.6 Å². The van der Waals surface area contributed by atoms with Gasteiger partial charge in [-0.15, -0.1) is 0 Å². The Kier molecular flexibility index (Phi) is 9.21. The minimum Gasteiger partial charge on any atom is -0.356 e. The highest BCUT2D eigenvalue weighted by atomic mass is 32.2. The number of benzene rings is 1. The molecular weight excluding hydrogens is 374 g/mol. The lowest BCUT2D eigenvalue weighted by Crippen LogP contribution is -2.51. The molecule has 8 heteroatoms. The van der Waals surface area contributed by atoms with Crippen LogP contribution in [-0.4, -0.2) is 63.8 Å². The summed E-state index contributed by atoms with van der Waals surface area (Å²) < 4.78 is 25.4. The third-order valence-electron chi connectivity index (χ3n) is 5.15. The van der Waals surface area contributed by atoms with Crippen molar-refractivity contribution >= 4 is 16.0 Å². The van der Waals surface area contributed by atoms with Gasteiger partial charge in [-0.3, -0.25) is 9.89 Å². The molecule has 1 aromatic rings. The predicted molar refractivity (Wildman–Crippen MR) is 116 cm³/mol. The minimum atomic E-state index is -3.11. The number of piperidine rings is 1. The van der Waals surface area contributed by atoms with Crippen LogP contribution >= 0.6 is 0 Å². The highest BCUT2D eigenvalue weighted by Gasteiger charge is 2.25.